The van der Waals surface area contributed by atoms with Crippen molar-refractivity contribution in [1.82, 2.24) is 0 Å². The number of carbonyl (C=O) groups excluding carboxylic acids is 2. The summed E-state index contributed by atoms with van der Waals surface area (Å²) in [5.74, 6) is -0.701. The van der Waals surface area contributed by atoms with Crippen LogP contribution in [0.25, 0.3) is 0 Å². The molecule has 450 valence electrons. The molecule has 8 heterocycles. The van der Waals surface area contributed by atoms with Crippen LogP contribution in [0.1, 0.15) is 142 Å². The van der Waals surface area contributed by atoms with Crippen molar-refractivity contribution in [1.29, 1.82) is 0 Å². The second-order valence-corrected chi connectivity index (χ2v) is 39.0. The van der Waals surface area contributed by atoms with Crippen LogP contribution in [0.15, 0.2) is 54.6 Å². The zero-order valence-electron chi connectivity index (χ0n) is 50.2. The number of esters is 1. The number of ketones is 1. The van der Waals surface area contributed by atoms with Gasteiger partial charge in [-0.3, -0.25) is 8.98 Å². The van der Waals surface area contributed by atoms with Gasteiger partial charge in [0.05, 0.1) is 91.7 Å². The van der Waals surface area contributed by atoms with Crippen molar-refractivity contribution >= 4 is 38.5 Å². The third kappa shape index (κ3) is 14.2. The number of Topliss-reactive ketones (excluding diaryl/α,β-unsaturated/α-hetero) is 1. The summed E-state index contributed by atoms with van der Waals surface area (Å²) in [5, 5.41) is -0.0599. The van der Waals surface area contributed by atoms with Gasteiger partial charge in [-0.1, -0.05) is 79.8 Å². The molecule has 1 aromatic carbocycles. The first-order chi connectivity index (χ1) is 37.5. The third-order valence-corrected chi connectivity index (χ3v) is 29.5. The Labute approximate surface area is 480 Å². The number of hydrogen-bond acceptors (Lipinski definition) is 16. The van der Waals surface area contributed by atoms with Gasteiger partial charge >= 0.3 is 5.97 Å². The molecule has 8 aliphatic rings. The van der Waals surface area contributed by atoms with E-state index in [4.69, 9.17) is 55.7 Å². The molecule has 0 aliphatic carbocycles. The van der Waals surface area contributed by atoms with Crippen molar-refractivity contribution < 1.29 is 73.7 Å². The molecule has 0 radical (unpaired) electrons. The van der Waals surface area contributed by atoms with Crippen LogP contribution in [-0.2, 0) is 70.6 Å². The minimum Gasteiger partial charge on any atom is -0.458 e. The summed E-state index contributed by atoms with van der Waals surface area (Å²) < 4.78 is 108. The maximum atomic E-state index is 14.9. The van der Waals surface area contributed by atoms with Gasteiger partial charge in [-0.05, 0) is 110 Å². The summed E-state index contributed by atoms with van der Waals surface area (Å²) in [6.07, 6.45) is -0.800. The molecular formula is C61H96O16SSi2. The lowest BCUT2D eigenvalue weighted by molar-refractivity contribution is -0.301. The molecule has 19 heteroatoms. The molecule has 8 aliphatic heterocycles. The van der Waals surface area contributed by atoms with Gasteiger partial charge in [0.1, 0.15) is 42.4 Å². The number of ether oxygens (including phenoxy) is 9. The second-order valence-electron chi connectivity index (χ2n) is 27.8. The first kappa shape index (κ1) is 62.3. The zero-order chi connectivity index (χ0) is 57.9. The molecule has 8 bridgehead atoms. The normalized spacial score (nSPS) is 39.0. The maximum absolute atomic E-state index is 14.9. The lowest BCUT2D eigenvalue weighted by atomic mass is 9.81. The Morgan fingerprint density at radius 1 is 0.700 bits per heavy atom. The Morgan fingerprint density at radius 3 is 2.00 bits per heavy atom. The SMILES string of the molecule is C=C1C[C@@H](OC(=O)c2ccccc2)CC[C@H]2O[C@@H]3[C@@H]4OC5CC[C@H](CC(=O)CC6C(CC7OC(CCC1OS(C)(=O)=O)CC(C)C7=C)OC(CC(CO[Si](C)(C)C(C)(C)C)O[Si](C)(C)C(C)(C)C)[C@@H]6OC)O[C@@H]5[C@@H]1O[C@H]2C[C@H]3O[C@H]41. The molecule has 9 unspecified atom stereocenters. The van der Waals surface area contributed by atoms with Crippen LogP contribution in [0.4, 0.5) is 0 Å². The third-order valence-electron chi connectivity index (χ3n) is 19.9. The van der Waals surface area contributed by atoms with Gasteiger partial charge in [-0.15, -0.1) is 0 Å². The van der Waals surface area contributed by atoms with E-state index < -0.39 is 93.8 Å². The highest BCUT2D eigenvalue weighted by Gasteiger charge is 2.64. The average molecular weight is 1170 g/mol. The van der Waals surface area contributed by atoms with Crippen molar-refractivity contribution in [2.75, 3.05) is 20.0 Å². The fraction of sp³-hybridized carbons (Fsp3) is 0.803. The van der Waals surface area contributed by atoms with E-state index >= 15 is 0 Å². The molecule has 9 rings (SSSR count). The first-order valence-electron chi connectivity index (χ1n) is 29.9. The van der Waals surface area contributed by atoms with Crippen LogP contribution in [0.3, 0.4) is 0 Å². The number of carbonyl (C=O) groups is 2. The summed E-state index contributed by atoms with van der Waals surface area (Å²) in [5.41, 5.74) is 1.82. The number of benzene rings is 1. The Bertz CT molecular complexity index is 2460. The number of hydrogen-bond donors (Lipinski definition) is 0. The van der Waals surface area contributed by atoms with E-state index in [9.17, 15) is 18.0 Å². The number of methoxy groups -OCH3 is 1. The molecule has 1 aromatic rings. The minimum atomic E-state index is -3.96. The van der Waals surface area contributed by atoms with E-state index in [0.717, 1.165) is 11.8 Å². The van der Waals surface area contributed by atoms with E-state index in [-0.39, 0.29) is 102 Å². The molecule has 0 aromatic heterocycles. The summed E-state index contributed by atoms with van der Waals surface area (Å²) >= 11 is 0. The van der Waals surface area contributed by atoms with Crippen LogP contribution in [0, 0.1) is 11.8 Å². The monoisotopic (exact) mass is 1170 g/mol. The predicted octanol–water partition coefficient (Wildman–Crippen LogP) is 10.4. The molecule has 16 nitrogen and oxygen atoms in total. The molecule has 8 fully saturated rings. The highest BCUT2D eigenvalue weighted by atomic mass is 32.2. The summed E-state index contributed by atoms with van der Waals surface area (Å²) in [4.78, 5) is 28.6. The van der Waals surface area contributed by atoms with Crippen molar-refractivity contribution in [3.8, 4) is 0 Å². The van der Waals surface area contributed by atoms with Crippen LogP contribution >= 0.6 is 0 Å². The smallest absolute Gasteiger partial charge is 0.338 e. The van der Waals surface area contributed by atoms with E-state index in [0.29, 0.717) is 75.5 Å². The Hall–Kier alpha value is -2.22. The fourth-order valence-electron chi connectivity index (χ4n) is 13.3. The van der Waals surface area contributed by atoms with Crippen molar-refractivity contribution in [2.45, 2.75) is 278 Å². The highest BCUT2D eigenvalue weighted by Crippen LogP contribution is 2.50. The van der Waals surface area contributed by atoms with E-state index in [1.807, 2.05) is 6.07 Å². The van der Waals surface area contributed by atoms with Crippen molar-refractivity contribution in [2.24, 2.45) is 11.8 Å². The van der Waals surface area contributed by atoms with Gasteiger partial charge in [0.15, 0.2) is 16.6 Å². The zero-order valence-corrected chi connectivity index (χ0v) is 53.0. The molecule has 20 atom stereocenters. The molecular weight excluding hydrogens is 1080 g/mol. The maximum Gasteiger partial charge on any atom is 0.338 e. The molecule has 0 amide bonds. The van der Waals surface area contributed by atoms with Crippen LogP contribution < -0.4 is 0 Å². The number of rotatable bonds is 12. The molecule has 0 saturated carbocycles. The van der Waals surface area contributed by atoms with Crippen LogP contribution in [0.5, 0.6) is 0 Å². The lowest BCUT2D eigenvalue weighted by Crippen LogP contribution is -2.66. The Morgan fingerprint density at radius 2 is 1.32 bits per heavy atom. The van der Waals surface area contributed by atoms with Gasteiger partial charge in [0.2, 0.25) is 0 Å². The Balaban J connectivity index is 1.03. The van der Waals surface area contributed by atoms with E-state index in [1.165, 1.54) is 0 Å². The van der Waals surface area contributed by atoms with Crippen LogP contribution in [0.2, 0.25) is 36.3 Å². The van der Waals surface area contributed by atoms with E-state index in [1.54, 1.807) is 31.4 Å². The lowest BCUT2D eigenvalue weighted by Gasteiger charge is -2.51. The van der Waals surface area contributed by atoms with Crippen molar-refractivity contribution in [3.63, 3.8) is 0 Å². The molecule has 8 saturated heterocycles. The highest BCUT2D eigenvalue weighted by molar-refractivity contribution is 7.86. The quantitative estimate of drug-likeness (QED) is 0.0834. The summed E-state index contributed by atoms with van der Waals surface area (Å²) in [7, 11) is -6.75. The standard InChI is InChI=1S/C61H96O16SSi2/c1-35-27-40-21-24-45(76-78(11,64)65)36(2)28-41(70-59(63)38-19-17-16-18-20-38)22-25-46-50-33-52-55(72-46)57-58(75-52)56(74-50)54-47(73-57)26-23-42(69-54)29-39(62)30-44-49(32-48(68-40)37(35)3)71-51(53(44)66-10)31-43(77-80(14,15)61(7,8)9)34-67-79(12,13)60(4,5)6/h16-20,35,40-58H,2-3,21-34H2,1,4-15H3/t35?,40?,41-,42+,43?,44?,45?,46+,47?,48?,49?,50-,51?,52+,53+,54-,55-,56-,57-,58-/m0/s1. The molecule has 80 heavy (non-hydrogen) atoms. The average Bonchev–Trinajstić information content (AvgIpc) is 4.04. The predicted molar refractivity (Wildman–Crippen MR) is 308 cm³/mol. The minimum absolute atomic E-state index is 0.00397. The largest absolute Gasteiger partial charge is 0.458 e. The van der Waals surface area contributed by atoms with Crippen molar-refractivity contribution in [3.05, 3.63) is 60.2 Å². The molecule has 0 N–H and O–H groups in total. The van der Waals surface area contributed by atoms with Gasteiger partial charge in [0, 0.05) is 51.6 Å². The van der Waals surface area contributed by atoms with Gasteiger partial charge in [0.25, 0.3) is 10.1 Å². The van der Waals surface area contributed by atoms with E-state index in [2.05, 4.69) is 87.8 Å². The number of fused-ring (bicyclic) bond motifs is 5. The summed E-state index contributed by atoms with van der Waals surface area (Å²) in [6, 6.07) is 8.82. The second kappa shape index (κ2) is 24.6. The topological polar surface area (TPSA) is 179 Å². The first-order valence-corrected chi connectivity index (χ1v) is 37.6. The van der Waals surface area contributed by atoms with Gasteiger partial charge in [-0.25, -0.2) is 4.79 Å². The Kier molecular flexibility index (Phi) is 19.2. The van der Waals surface area contributed by atoms with Crippen LogP contribution in [-0.4, -0.2) is 167 Å². The fourth-order valence-corrected chi connectivity index (χ4v) is 16.3. The van der Waals surface area contributed by atoms with Gasteiger partial charge in [-0.2, -0.15) is 8.42 Å². The van der Waals surface area contributed by atoms with Gasteiger partial charge < -0.3 is 51.5 Å². The summed E-state index contributed by atoms with van der Waals surface area (Å²) in [6.45, 7) is 34.1. The molecule has 0 spiro atoms.